The second kappa shape index (κ2) is 8.30. The van der Waals surface area contributed by atoms with Crippen molar-refractivity contribution >= 4 is 34.7 Å². The van der Waals surface area contributed by atoms with Gasteiger partial charge >= 0.3 is 0 Å². The van der Waals surface area contributed by atoms with Crippen LogP contribution in [0.3, 0.4) is 0 Å². The lowest BCUT2D eigenvalue weighted by Crippen LogP contribution is -2.45. The van der Waals surface area contributed by atoms with E-state index < -0.39 is 0 Å². The molecule has 0 aromatic carbocycles. The molecule has 1 atom stereocenters. The molecule has 1 aliphatic rings. The van der Waals surface area contributed by atoms with Crippen LogP contribution in [0.2, 0.25) is 5.02 Å². The normalized spacial score (nSPS) is 18.0. The second-order valence-electron chi connectivity index (χ2n) is 5.56. The molecule has 1 unspecified atom stereocenters. The molecule has 1 fully saturated rings. The van der Waals surface area contributed by atoms with E-state index in [-0.39, 0.29) is 0 Å². The van der Waals surface area contributed by atoms with Gasteiger partial charge in [-0.2, -0.15) is 0 Å². The third-order valence-electron chi connectivity index (χ3n) is 3.91. The lowest BCUT2D eigenvalue weighted by Gasteiger charge is -2.20. The van der Waals surface area contributed by atoms with Gasteiger partial charge in [0.05, 0.1) is 10.0 Å². The number of guanidine groups is 1. The molecule has 24 heavy (non-hydrogen) atoms. The van der Waals surface area contributed by atoms with Crippen LogP contribution in [-0.2, 0) is 6.42 Å². The first-order valence-electron chi connectivity index (χ1n) is 7.97. The monoisotopic (exact) mass is 364 g/mol. The Kier molecular flexibility index (Phi) is 5.87. The van der Waals surface area contributed by atoms with Gasteiger partial charge < -0.3 is 15.5 Å². The Morgan fingerprint density at radius 2 is 2.38 bits per heavy atom. The summed E-state index contributed by atoms with van der Waals surface area (Å²) in [6, 6.07) is 4.06. The van der Waals surface area contributed by atoms with Gasteiger partial charge in [0, 0.05) is 56.9 Å². The number of aliphatic imine (C=N–C) groups is 1. The number of hydrogen-bond acceptors (Lipinski definition) is 5. The van der Waals surface area contributed by atoms with Crippen LogP contribution >= 0.6 is 22.9 Å². The molecule has 2 aromatic heterocycles. The number of nitrogens with zero attached hydrogens (tertiary/aromatic N) is 4. The molecule has 2 N–H and O–H groups in total. The highest BCUT2D eigenvalue weighted by Crippen LogP contribution is 2.25. The summed E-state index contributed by atoms with van der Waals surface area (Å²) in [5.41, 5.74) is 0. The average molecular weight is 365 g/mol. The number of rotatable bonds is 5. The Morgan fingerprint density at radius 3 is 3.12 bits per heavy atom. The van der Waals surface area contributed by atoms with Crippen molar-refractivity contribution in [3.63, 3.8) is 0 Å². The zero-order valence-electron chi connectivity index (χ0n) is 13.6. The van der Waals surface area contributed by atoms with Crippen LogP contribution in [0.4, 0.5) is 5.82 Å². The van der Waals surface area contributed by atoms with Crippen molar-refractivity contribution in [2.24, 2.45) is 4.99 Å². The van der Waals surface area contributed by atoms with Gasteiger partial charge in [-0.15, -0.1) is 11.3 Å². The molecule has 0 bridgehead atoms. The zero-order chi connectivity index (χ0) is 16.8. The summed E-state index contributed by atoms with van der Waals surface area (Å²) < 4.78 is 0. The minimum atomic E-state index is 0.328. The van der Waals surface area contributed by atoms with Gasteiger partial charge in [-0.25, -0.2) is 9.97 Å². The van der Waals surface area contributed by atoms with E-state index in [0.29, 0.717) is 11.1 Å². The Balaban J connectivity index is 1.47. The maximum Gasteiger partial charge on any atom is 0.191 e. The second-order valence-corrected chi connectivity index (χ2v) is 6.95. The molecule has 128 valence electrons. The molecule has 0 saturated carbocycles. The predicted molar refractivity (Wildman–Crippen MR) is 100 cm³/mol. The summed E-state index contributed by atoms with van der Waals surface area (Å²) in [6.45, 7) is 2.62. The van der Waals surface area contributed by atoms with Crippen LogP contribution in [0.5, 0.6) is 0 Å². The molecular weight excluding hydrogens is 344 g/mol. The topological polar surface area (TPSA) is 65.4 Å². The van der Waals surface area contributed by atoms with Crippen LogP contribution in [0, 0.1) is 0 Å². The van der Waals surface area contributed by atoms with Crippen molar-refractivity contribution in [3.8, 4) is 0 Å². The van der Waals surface area contributed by atoms with Crippen LogP contribution in [0.25, 0.3) is 0 Å². The Bertz CT molecular complexity index is 675. The van der Waals surface area contributed by atoms with E-state index in [0.717, 1.165) is 49.3 Å². The van der Waals surface area contributed by atoms with Gasteiger partial charge in [-0.05, 0) is 18.6 Å². The molecule has 3 heterocycles. The third-order valence-corrected chi connectivity index (χ3v) is 5.04. The molecular formula is C16H21ClN6S. The molecule has 6 nitrogen and oxygen atoms in total. The van der Waals surface area contributed by atoms with E-state index in [2.05, 4.69) is 30.5 Å². The quantitative estimate of drug-likeness (QED) is 0.629. The molecule has 0 radical (unpaired) electrons. The summed E-state index contributed by atoms with van der Waals surface area (Å²) in [4.78, 5) is 15.2. The van der Waals surface area contributed by atoms with E-state index in [1.807, 2.05) is 23.7 Å². The fraction of sp³-hybridized carbons (Fsp3) is 0.438. The summed E-state index contributed by atoms with van der Waals surface area (Å²) in [7, 11) is 1.79. The van der Waals surface area contributed by atoms with Crippen LogP contribution in [0.15, 0.2) is 34.9 Å². The van der Waals surface area contributed by atoms with Crippen molar-refractivity contribution in [1.82, 2.24) is 20.6 Å². The molecule has 0 spiro atoms. The summed E-state index contributed by atoms with van der Waals surface area (Å²) in [6.07, 6.45) is 5.54. The maximum absolute atomic E-state index is 6.24. The van der Waals surface area contributed by atoms with Gasteiger partial charge in [-0.1, -0.05) is 11.6 Å². The van der Waals surface area contributed by atoms with Crippen molar-refractivity contribution in [2.75, 3.05) is 31.6 Å². The first kappa shape index (κ1) is 17.0. The van der Waals surface area contributed by atoms with Gasteiger partial charge in [0.15, 0.2) is 5.96 Å². The zero-order valence-corrected chi connectivity index (χ0v) is 15.1. The molecule has 2 aromatic rings. The van der Waals surface area contributed by atoms with E-state index in [4.69, 9.17) is 11.6 Å². The highest BCUT2D eigenvalue weighted by Gasteiger charge is 2.25. The molecule has 0 aliphatic carbocycles. The molecule has 3 rings (SSSR count). The Hall–Kier alpha value is -1.86. The number of anilines is 1. The number of thiazole rings is 1. The fourth-order valence-corrected chi connectivity index (χ4v) is 3.59. The number of aromatic nitrogens is 2. The summed E-state index contributed by atoms with van der Waals surface area (Å²) >= 11 is 7.91. The smallest absolute Gasteiger partial charge is 0.191 e. The molecule has 1 saturated heterocycles. The van der Waals surface area contributed by atoms with Crippen molar-refractivity contribution in [2.45, 2.75) is 18.9 Å². The Labute approximate surface area is 151 Å². The van der Waals surface area contributed by atoms with Gasteiger partial charge in [0.1, 0.15) is 5.82 Å². The van der Waals surface area contributed by atoms with Gasteiger partial charge in [-0.3, -0.25) is 4.99 Å². The Morgan fingerprint density at radius 1 is 1.46 bits per heavy atom. The number of pyridine rings is 1. The average Bonchev–Trinajstić information content (AvgIpc) is 3.26. The number of hydrogen-bond donors (Lipinski definition) is 2. The summed E-state index contributed by atoms with van der Waals surface area (Å²) in [5.74, 6) is 1.68. The summed E-state index contributed by atoms with van der Waals surface area (Å²) in [5, 5.41) is 10.7. The molecule has 1 aliphatic heterocycles. The fourth-order valence-electron chi connectivity index (χ4n) is 2.73. The predicted octanol–water partition coefficient (Wildman–Crippen LogP) is 2.18. The highest BCUT2D eigenvalue weighted by atomic mass is 35.5. The minimum absolute atomic E-state index is 0.328. The maximum atomic E-state index is 6.24. The lowest BCUT2D eigenvalue weighted by molar-refractivity contribution is 0.648. The first-order valence-corrected chi connectivity index (χ1v) is 9.23. The van der Waals surface area contributed by atoms with Gasteiger partial charge in [0.2, 0.25) is 0 Å². The van der Waals surface area contributed by atoms with E-state index in [1.54, 1.807) is 24.6 Å². The van der Waals surface area contributed by atoms with E-state index in [1.165, 1.54) is 0 Å². The third kappa shape index (κ3) is 4.36. The SMILES string of the molecule is CN=C(NCCc1nccs1)NC1CCN(c2ncccc2Cl)C1. The van der Waals surface area contributed by atoms with Crippen LogP contribution < -0.4 is 15.5 Å². The number of halogens is 1. The minimum Gasteiger partial charge on any atom is -0.356 e. The largest absolute Gasteiger partial charge is 0.356 e. The van der Waals surface area contributed by atoms with E-state index >= 15 is 0 Å². The first-order chi connectivity index (χ1) is 11.8. The molecule has 0 amide bonds. The van der Waals surface area contributed by atoms with Crippen molar-refractivity contribution in [1.29, 1.82) is 0 Å². The standard InChI is InChI=1S/C16H21ClN6S/c1-18-16(21-7-4-14-19-8-10-24-14)22-12-5-9-23(11-12)15-13(17)3-2-6-20-15/h2-3,6,8,10,12H,4-5,7,9,11H2,1H3,(H2,18,21,22). The highest BCUT2D eigenvalue weighted by molar-refractivity contribution is 7.09. The van der Waals surface area contributed by atoms with Gasteiger partial charge in [0.25, 0.3) is 0 Å². The van der Waals surface area contributed by atoms with Crippen LogP contribution in [-0.4, -0.2) is 48.7 Å². The van der Waals surface area contributed by atoms with Crippen molar-refractivity contribution < 1.29 is 0 Å². The number of nitrogens with one attached hydrogen (secondary N) is 2. The lowest BCUT2D eigenvalue weighted by atomic mass is 10.3. The molecule has 8 heteroatoms. The van der Waals surface area contributed by atoms with E-state index in [9.17, 15) is 0 Å². The van der Waals surface area contributed by atoms with Crippen LogP contribution in [0.1, 0.15) is 11.4 Å². The van der Waals surface area contributed by atoms with Crippen molar-refractivity contribution in [3.05, 3.63) is 39.9 Å².